The smallest absolute Gasteiger partial charge is 0.159 e. The van der Waals surface area contributed by atoms with E-state index >= 15 is 0 Å². The Morgan fingerprint density at radius 3 is 2.82 bits per heavy atom. The Kier molecular flexibility index (Phi) is 4.92. The minimum atomic E-state index is -0.335. The molecular formula is C25H20FN5O2. The summed E-state index contributed by atoms with van der Waals surface area (Å²) in [6.07, 6.45) is 5.24. The summed E-state index contributed by atoms with van der Waals surface area (Å²) in [7, 11) is 0. The van der Waals surface area contributed by atoms with Crippen LogP contribution in [0.4, 0.5) is 10.1 Å². The lowest BCUT2D eigenvalue weighted by Gasteiger charge is -2.29. The fourth-order valence-electron chi connectivity index (χ4n) is 4.31. The van der Waals surface area contributed by atoms with Gasteiger partial charge in [-0.05, 0) is 42.0 Å². The third kappa shape index (κ3) is 3.68. The molecule has 0 N–H and O–H groups in total. The molecule has 1 aliphatic heterocycles. The number of fused-ring (bicyclic) bond motifs is 2. The minimum absolute atomic E-state index is 0.335. The van der Waals surface area contributed by atoms with Crippen molar-refractivity contribution in [3.8, 4) is 11.3 Å². The number of benzene rings is 2. The number of hydrogen-bond donors (Lipinski definition) is 0. The second kappa shape index (κ2) is 8.22. The Labute approximate surface area is 188 Å². The lowest BCUT2D eigenvalue weighted by Crippen LogP contribution is -2.36. The minimum Gasteiger partial charge on any atom is -0.462 e. The molecule has 164 valence electrons. The third-order valence-corrected chi connectivity index (χ3v) is 5.99. The summed E-state index contributed by atoms with van der Waals surface area (Å²) >= 11 is 0. The number of halogens is 1. The molecule has 0 atom stereocenters. The molecule has 2 aromatic carbocycles. The van der Waals surface area contributed by atoms with Gasteiger partial charge in [0.25, 0.3) is 0 Å². The van der Waals surface area contributed by atoms with Gasteiger partial charge in [0.15, 0.2) is 5.58 Å². The van der Waals surface area contributed by atoms with Crippen LogP contribution in [0.3, 0.4) is 0 Å². The van der Waals surface area contributed by atoms with E-state index in [1.54, 1.807) is 18.5 Å². The number of rotatable bonds is 4. The molecule has 0 amide bonds. The number of furan rings is 1. The molecule has 1 saturated heterocycles. The average molecular weight is 441 g/mol. The van der Waals surface area contributed by atoms with Gasteiger partial charge in [0.05, 0.1) is 36.9 Å². The highest BCUT2D eigenvalue weighted by molar-refractivity contribution is 5.94. The van der Waals surface area contributed by atoms with Crippen molar-refractivity contribution in [3.05, 3.63) is 78.3 Å². The van der Waals surface area contributed by atoms with Crippen LogP contribution in [0.15, 0.2) is 65.7 Å². The van der Waals surface area contributed by atoms with Crippen molar-refractivity contribution in [3.63, 3.8) is 0 Å². The molecule has 5 aromatic rings. The first-order chi connectivity index (χ1) is 16.3. The van der Waals surface area contributed by atoms with Gasteiger partial charge in [-0.2, -0.15) is 10.2 Å². The Bertz CT molecular complexity index is 1460. The molecule has 6 rings (SSSR count). The first kappa shape index (κ1) is 19.8. The number of ether oxygens (including phenoxy) is 1. The van der Waals surface area contributed by atoms with Crippen molar-refractivity contribution in [2.75, 3.05) is 31.2 Å². The van der Waals surface area contributed by atoms with Crippen molar-refractivity contribution in [1.82, 2.24) is 20.2 Å². The molecule has 3 aromatic heterocycles. The molecule has 0 bridgehead atoms. The SMILES string of the molecule is Fc1ccc(Cc2nncc3ccoc23)cc1-c1ncnc2cc(N3CCOCC3)ccc12. The van der Waals surface area contributed by atoms with Gasteiger partial charge in [0, 0.05) is 41.5 Å². The second-order valence-electron chi connectivity index (χ2n) is 8.01. The van der Waals surface area contributed by atoms with Gasteiger partial charge < -0.3 is 14.1 Å². The number of anilines is 1. The average Bonchev–Trinajstić information content (AvgIpc) is 3.35. The summed E-state index contributed by atoms with van der Waals surface area (Å²) in [5.41, 5.74) is 5.14. The summed E-state index contributed by atoms with van der Waals surface area (Å²) < 4.78 is 26.0. The van der Waals surface area contributed by atoms with Gasteiger partial charge in [-0.1, -0.05) is 6.07 Å². The molecular weight excluding hydrogens is 421 g/mol. The van der Waals surface area contributed by atoms with Crippen molar-refractivity contribution in [2.24, 2.45) is 0 Å². The molecule has 33 heavy (non-hydrogen) atoms. The topological polar surface area (TPSA) is 77.2 Å². The molecule has 1 fully saturated rings. The highest BCUT2D eigenvalue weighted by atomic mass is 19.1. The van der Waals surface area contributed by atoms with Crippen LogP contribution in [-0.4, -0.2) is 46.5 Å². The Morgan fingerprint density at radius 1 is 1.00 bits per heavy atom. The normalized spacial score (nSPS) is 14.3. The fraction of sp³-hybridized carbons (Fsp3) is 0.200. The zero-order chi connectivity index (χ0) is 22.2. The predicted molar refractivity (Wildman–Crippen MR) is 123 cm³/mol. The van der Waals surface area contributed by atoms with Gasteiger partial charge in [-0.3, -0.25) is 0 Å². The van der Waals surface area contributed by atoms with Gasteiger partial charge in [0.1, 0.15) is 17.8 Å². The number of hydrogen-bond acceptors (Lipinski definition) is 7. The highest BCUT2D eigenvalue weighted by Crippen LogP contribution is 2.31. The van der Waals surface area contributed by atoms with Crippen LogP contribution in [0.2, 0.25) is 0 Å². The first-order valence-electron chi connectivity index (χ1n) is 10.8. The predicted octanol–water partition coefficient (Wildman–Crippen LogP) is 4.40. The maximum absolute atomic E-state index is 15.0. The maximum Gasteiger partial charge on any atom is 0.159 e. The van der Waals surface area contributed by atoms with Crippen molar-refractivity contribution in [2.45, 2.75) is 6.42 Å². The van der Waals surface area contributed by atoms with Crippen LogP contribution in [0.1, 0.15) is 11.3 Å². The summed E-state index contributed by atoms with van der Waals surface area (Å²) in [6.45, 7) is 3.10. The number of morpholine rings is 1. The summed E-state index contributed by atoms with van der Waals surface area (Å²) in [5.74, 6) is -0.335. The summed E-state index contributed by atoms with van der Waals surface area (Å²) in [6, 6.07) is 12.9. The van der Waals surface area contributed by atoms with Crippen molar-refractivity contribution < 1.29 is 13.5 Å². The quantitative estimate of drug-likeness (QED) is 0.409. The Hall–Kier alpha value is -3.91. The van der Waals surface area contributed by atoms with E-state index in [2.05, 4.69) is 25.1 Å². The summed E-state index contributed by atoms with van der Waals surface area (Å²) in [5, 5.41) is 9.97. The Balaban J connectivity index is 1.39. The summed E-state index contributed by atoms with van der Waals surface area (Å²) in [4.78, 5) is 11.2. The first-order valence-corrected chi connectivity index (χ1v) is 10.8. The molecule has 4 heterocycles. The van der Waals surface area contributed by atoms with Crippen molar-refractivity contribution in [1.29, 1.82) is 0 Å². The molecule has 0 saturated carbocycles. The highest BCUT2D eigenvalue weighted by Gasteiger charge is 2.16. The van der Waals surface area contributed by atoms with Gasteiger partial charge in [-0.25, -0.2) is 14.4 Å². The third-order valence-electron chi connectivity index (χ3n) is 5.99. The molecule has 0 aliphatic carbocycles. The van der Waals surface area contributed by atoms with E-state index < -0.39 is 0 Å². The van der Waals surface area contributed by atoms with E-state index in [-0.39, 0.29) is 5.82 Å². The van der Waals surface area contributed by atoms with Crippen LogP contribution in [0.5, 0.6) is 0 Å². The lowest BCUT2D eigenvalue weighted by molar-refractivity contribution is 0.122. The maximum atomic E-state index is 15.0. The van der Waals surface area contributed by atoms with Crippen LogP contribution < -0.4 is 4.90 Å². The van der Waals surface area contributed by atoms with Crippen LogP contribution >= 0.6 is 0 Å². The van der Waals surface area contributed by atoms with Gasteiger partial charge in [0.2, 0.25) is 0 Å². The number of nitrogens with zero attached hydrogens (tertiary/aromatic N) is 5. The van der Waals surface area contributed by atoms with E-state index in [0.717, 1.165) is 40.6 Å². The van der Waals surface area contributed by atoms with E-state index in [4.69, 9.17) is 9.15 Å². The molecule has 0 radical (unpaired) electrons. The van der Waals surface area contributed by atoms with E-state index in [1.165, 1.54) is 12.4 Å². The van der Waals surface area contributed by atoms with Crippen LogP contribution in [-0.2, 0) is 11.2 Å². The molecule has 8 heteroatoms. The molecule has 0 spiro atoms. The van der Waals surface area contributed by atoms with E-state index in [1.807, 2.05) is 30.3 Å². The zero-order valence-corrected chi connectivity index (χ0v) is 17.7. The fourth-order valence-corrected chi connectivity index (χ4v) is 4.31. The van der Waals surface area contributed by atoms with E-state index in [0.29, 0.717) is 42.2 Å². The Morgan fingerprint density at radius 2 is 1.91 bits per heavy atom. The number of aromatic nitrogens is 4. The second-order valence-corrected chi connectivity index (χ2v) is 8.01. The molecule has 1 aliphatic rings. The van der Waals surface area contributed by atoms with Crippen molar-refractivity contribution >= 4 is 27.6 Å². The standard InChI is InChI=1S/C25H20FN5O2/c26-21-4-1-16(12-23-25-17(5-8-33-25)14-29-30-23)11-20(21)24-19-3-2-18(13-22(19)27-15-28-24)31-6-9-32-10-7-31/h1-5,8,11,13-15H,6-7,9-10,12H2. The molecule has 0 unspecified atom stereocenters. The lowest BCUT2D eigenvalue weighted by atomic mass is 10.0. The van der Waals surface area contributed by atoms with Crippen LogP contribution in [0, 0.1) is 5.82 Å². The molecule has 7 nitrogen and oxygen atoms in total. The van der Waals surface area contributed by atoms with Crippen LogP contribution in [0.25, 0.3) is 33.1 Å². The largest absolute Gasteiger partial charge is 0.462 e. The zero-order valence-electron chi connectivity index (χ0n) is 17.7. The monoisotopic (exact) mass is 441 g/mol. The van der Waals surface area contributed by atoms with Gasteiger partial charge in [-0.15, -0.1) is 0 Å². The van der Waals surface area contributed by atoms with E-state index in [9.17, 15) is 4.39 Å². The van der Waals surface area contributed by atoms with Gasteiger partial charge >= 0.3 is 0 Å².